The molecule has 0 saturated heterocycles. The molecular weight excluding hydrogens is 212 g/mol. The largest absolute Gasteiger partial charge is 0.319 e. The minimum Gasteiger partial charge on any atom is -0.319 e. The van der Waals surface area contributed by atoms with Gasteiger partial charge in [-0.25, -0.2) is 0 Å². The quantitative estimate of drug-likeness (QED) is 0.746. The number of carbonyl (C=O) groups excluding carboxylic acids is 1. The van der Waals surface area contributed by atoms with Crippen LogP contribution in [-0.2, 0) is 4.79 Å². The third kappa shape index (κ3) is 3.56. The van der Waals surface area contributed by atoms with Gasteiger partial charge in [-0.3, -0.25) is 4.79 Å². The van der Waals surface area contributed by atoms with E-state index in [4.69, 9.17) is 0 Å². The molecule has 3 nitrogen and oxygen atoms in total. The highest BCUT2D eigenvalue weighted by Gasteiger charge is 2.42. The Morgan fingerprint density at radius 1 is 1.41 bits per heavy atom. The van der Waals surface area contributed by atoms with Crippen LogP contribution in [-0.4, -0.2) is 30.9 Å². The lowest BCUT2D eigenvalue weighted by Gasteiger charge is -2.48. The Bertz CT molecular complexity index is 280. The van der Waals surface area contributed by atoms with Crippen molar-refractivity contribution in [1.82, 2.24) is 10.2 Å². The zero-order valence-electron chi connectivity index (χ0n) is 11.6. The molecule has 1 amide bonds. The van der Waals surface area contributed by atoms with Crippen molar-refractivity contribution in [2.75, 3.05) is 13.6 Å². The maximum atomic E-state index is 11.1. The summed E-state index contributed by atoms with van der Waals surface area (Å²) < 4.78 is 0. The topological polar surface area (TPSA) is 32.3 Å². The lowest BCUT2D eigenvalue weighted by molar-refractivity contribution is -0.119. The van der Waals surface area contributed by atoms with Gasteiger partial charge >= 0.3 is 0 Å². The van der Waals surface area contributed by atoms with Gasteiger partial charge in [0, 0.05) is 12.6 Å². The molecule has 0 aromatic heterocycles. The van der Waals surface area contributed by atoms with Gasteiger partial charge in [-0.2, -0.15) is 0 Å². The molecule has 0 radical (unpaired) electrons. The summed E-state index contributed by atoms with van der Waals surface area (Å²) in [5.74, 6) is 0. The lowest BCUT2D eigenvalue weighted by atomic mass is 9.62. The van der Waals surface area contributed by atoms with Crippen LogP contribution in [0.5, 0.6) is 0 Å². The zero-order chi connectivity index (χ0) is 13.1. The molecule has 0 heterocycles. The summed E-state index contributed by atoms with van der Waals surface area (Å²) >= 11 is 0. The van der Waals surface area contributed by atoms with Crippen molar-refractivity contribution in [3.63, 3.8) is 0 Å². The van der Waals surface area contributed by atoms with Gasteiger partial charge in [0.25, 0.3) is 0 Å². The number of amides is 1. The SMILES string of the molecule is C=CN(C=O)C1CC(C)(C)CC(C)(CNC)C1. The van der Waals surface area contributed by atoms with E-state index in [0.29, 0.717) is 0 Å². The fourth-order valence-corrected chi connectivity index (χ4v) is 3.63. The first-order chi connectivity index (χ1) is 7.86. The van der Waals surface area contributed by atoms with Crippen LogP contribution in [0.1, 0.15) is 40.0 Å². The Labute approximate surface area is 105 Å². The molecule has 1 N–H and O–H groups in total. The molecule has 98 valence electrons. The van der Waals surface area contributed by atoms with Gasteiger partial charge in [-0.1, -0.05) is 27.4 Å². The number of nitrogens with zero attached hydrogens (tertiary/aromatic N) is 1. The van der Waals surface area contributed by atoms with Crippen LogP contribution in [0.2, 0.25) is 0 Å². The summed E-state index contributed by atoms with van der Waals surface area (Å²) in [7, 11) is 1.99. The summed E-state index contributed by atoms with van der Waals surface area (Å²) in [6.07, 6.45) is 5.85. The fourth-order valence-electron chi connectivity index (χ4n) is 3.63. The minimum absolute atomic E-state index is 0.255. The van der Waals surface area contributed by atoms with Crippen LogP contribution in [0.3, 0.4) is 0 Å². The molecule has 1 aliphatic rings. The molecule has 0 bridgehead atoms. The van der Waals surface area contributed by atoms with Crippen molar-refractivity contribution >= 4 is 6.41 Å². The van der Waals surface area contributed by atoms with E-state index >= 15 is 0 Å². The molecule has 0 aliphatic heterocycles. The van der Waals surface area contributed by atoms with Gasteiger partial charge in [0.15, 0.2) is 0 Å². The van der Waals surface area contributed by atoms with Gasteiger partial charge in [0.2, 0.25) is 6.41 Å². The standard InChI is InChI=1S/C14H26N2O/c1-6-16(11-17)12-7-13(2,3)9-14(4,8-12)10-15-5/h6,11-12,15H,1,7-10H2,2-5H3. The maximum Gasteiger partial charge on any atom is 0.213 e. The van der Waals surface area contributed by atoms with Gasteiger partial charge in [0.1, 0.15) is 0 Å². The molecule has 0 spiro atoms. The summed E-state index contributed by atoms with van der Waals surface area (Å²) in [4.78, 5) is 12.8. The number of nitrogens with one attached hydrogen (secondary N) is 1. The van der Waals surface area contributed by atoms with Crippen LogP contribution < -0.4 is 5.32 Å². The first-order valence-electron chi connectivity index (χ1n) is 6.36. The molecule has 1 rings (SSSR count). The number of hydrogen-bond acceptors (Lipinski definition) is 2. The van der Waals surface area contributed by atoms with Gasteiger partial charge in [-0.05, 0) is 43.3 Å². The second-order valence-electron chi connectivity index (χ2n) is 6.48. The van der Waals surface area contributed by atoms with E-state index in [1.807, 2.05) is 7.05 Å². The lowest BCUT2D eigenvalue weighted by Crippen LogP contribution is -2.47. The molecule has 0 aromatic rings. The van der Waals surface area contributed by atoms with E-state index in [0.717, 1.165) is 25.8 Å². The number of rotatable bonds is 5. The highest BCUT2D eigenvalue weighted by Crippen LogP contribution is 2.46. The monoisotopic (exact) mass is 238 g/mol. The normalized spacial score (nSPS) is 31.9. The highest BCUT2D eigenvalue weighted by atomic mass is 16.1. The van der Waals surface area contributed by atoms with Crippen molar-refractivity contribution in [3.8, 4) is 0 Å². The van der Waals surface area contributed by atoms with Crippen molar-refractivity contribution in [1.29, 1.82) is 0 Å². The Hall–Kier alpha value is -0.830. The molecule has 17 heavy (non-hydrogen) atoms. The number of hydrogen-bond donors (Lipinski definition) is 1. The Morgan fingerprint density at radius 2 is 2.06 bits per heavy atom. The van der Waals surface area contributed by atoms with E-state index in [-0.39, 0.29) is 16.9 Å². The third-order valence-corrected chi connectivity index (χ3v) is 3.78. The summed E-state index contributed by atoms with van der Waals surface area (Å²) in [5.41, 5.74) is 0.532. The average Bonchev–Trinajstić information content (AvgIpc) is 2.16. The first kappa shape index (κ1) is 14.2. The Balaban J connectivity index is 2.87. The first-order valence-corrected chi connectivity index (χ1v) is 6.36. The molecule has 2 atom stereocenters. The molecule has 3 heteroatoms. The third-order valence-electron chi connectivity index (χ3n) is 3.78. The molecular formula is C14H26N2O. The van der Waals surface area contributed by atoms with Crippen molar-refractivity contribution in [2.45, 2.75) is 46.1 Å². The van der Waals surface area contributed by atoms with Crippen LogP contribution >= 0.6 is 0 Å². The molecule has 1 fully saturated rings. The molecule has 1 aliphatic carbocycles. The van der Waals surface area contributed by atoms with Gasteiger partial charge in [-0.15, -0.1) is 0 Å². The average molecular weight is 238 g/mol. The second kappa shape index (κ2) is 5.21. The van der Waals surface area contributed by atoms with Crippen LogP contribution in [0, 0.1) is 10.8 Å². The second-order valence-corrected chi connectivity index (χ2v) is 6.48. The maximum absolute atomic E-state index is 11.1. The summed E-state index contributed by atoms with van der Waals surface area (Å²) in [6, 6.07) is 0.284. The van der Waals surface area contributed by atoms with Gasteiger partial charge in [0.05, 0.1) is 0 Å². The highest BCUT2D eigenvalue weighted by molar-refractivity contribution is 5.49. The molecule has 0 aromatic carbocycles. The molecule has 1 saturated carbocycles. The minimum atomic E-state index is 0.255. The smallest absolute Gasteiger partial charge is 0.213 e. The Kier molecular flexibility index (Phi) is 4.36. The van der Waals surface area contributed by atoms with E-state index < -0.39 is 0 Å². The van der Waals surface area contributed by atoms with Crippen molar-refractivity contribution in [3.05, 3.63) is 12.8 Å². The summed E-state index contributed by atoms with van der Waals surface area (Å²) in [5, 5.41) is 3.28. The van der Waals surface area contributed by atoms with E-state index in [9.17, 15) is 4.79 Å². The van der Waals surface area contributed by atoms with Crippen LogP contribution in [0.4, 0.5) is 0 Å². The van der Waals surface area contributed by atoms with E-state index in [1.165, 1.54) is 6.42 Å². The zero-order valence-corrected chi connectivity index (χ0v) is 11.6. The van der Waals surface area contributed by atoms with Gasteiger partial charge < -0.3 is 10.2 Å². The van der Waals surface area contributed by atoms with Crippen LogP contribution in [0.15, 0.2) is 12.8 Å². The fraction of sp³-hybridized carbons (Fsp3) is 0.786. The predicted octanol–water partition coefficient (Wildman–Crippen LogP) is 2.39. The van der Waals surface area contributed by atoms with Crippen LogP contribution in [0.25, 0.3) is 0 Å². The van der Waals surface area contributed by atoms with E-state index in [1.54, 1.807) is 11.1 Å². The summed E-state index contributed by atoms with van der Waals surface area (Å²) in [6.45, 7) is 11.6. The number of carbonyl (C=O) groups is 1. The van der Waals surface area contributed by atoms with Crippen molar-refractivity contribution in [2.24, 2.45) is 10.8 Å². The molecule has 2 unspecified atom stereocenters. The predicted molar refractivity (Wildman–Crippen MR) is 71.6 cm³/mol. The van der Waals surface area contributed by atoms with E-state index in [2.05, 4.69) is 32.7 Å². The van der Waals surface area contributed by atoms with Crippen molar-refractivity contribution < 1.29 is 4.79 Å². The Morgan fingerprint density at radius 3 is 2.53 bits per heavy atom.